The maximum absolute atomic E-state index is 12.9. The summed E-state index contributed by atoms with van der Waals surface area (Å²) in [4.78, 5) is 2.25. The number of nitrogens with zero attached hydrogens (tertiary/aromatic N) is 6. The summed E-state index contributed by atoms with van der Waals surface area (Å²) < 4.78 is 29.0. The molecule has 10 heteroatoms. The van der Waals surface area contributed by atoms with Crippen LogP contribution in [-0.2, 0) is 10.0 Å². The lowest BCUT2D eigenvalue weighted by atomic mass is 10.2. The second-order valence-corrected chi connectivity index (χ2v) is 9.68. The van der Waals surface area contributed by atoms with E-state index in [9.17, 15) is 8.42 Å². The topological polar surface area (TPSA) is 84.2 Å². The van der Waals surface area contributed by atoms with Crippen molar-refractivity contribution in [2.45, 2.75) is 25.7 Å². The summed E-state index contributed by atoms with van der Waals surface area (Å²) in [7, 11) is -3.56. The average Bonchev–Trinajstić information content (AvgIpc) is 3.01. The smallest absolute Gasteiger partial charge is 0.243 e. The van der Waals surface area contributed by atoms with Gasteiger partial charge >= 0.3 is 0 Å². The molecule has 3 heterocycles. The lowest BCUT2D eigenvalue weighted by Crippen LogP contribution is -2.49. The van der Waals surface area contributed by atoms with Gasteiger partial charge in [-0.15, -0.1) is 10.2 Å². The van der Waals surface area contributed by atoms with Gasteiger partial charge in [-0.3, -0.25) is 0 Å². The van der Waals surface area contributed by atoms with E-state index < -0.39 is 10.0 Å². The minimum Gasteiger partial charge on any atom is -0.352 e. The van der Waals surface area contributed by atoms with E-state index >= 15 is 0 Å². The summed E-state index contributed by atoms with van der Waals surface area (Å²) >= 11 is 5.96. The number of benzene rings is 1. The third kappa shape index (κ3) is 3.80. The number of rotatable bonds is 4. The first-order valence-electron chi connectivity index (χ1n) is 9.65. The monoisotopic (exact) mass is 446 g/mol. The first kappa shape index (κ1) is 20.8. The van der Waals surface area contributed by atoms with Gasteiger partial charge in [0.2, 0.25) is 10.0 Å². The van der Waals surface area contributed by atoms with E-state index in [1.807, 2.05) is 37.8 Å². The Bertz CT molecular complexity index is 1170. The van der Waals surface area contributed by atoms with Gasteiger partial charge in [-0.25, -0.2) is 13.1 Å². The maximum Gasteiger partial charge on any atom is 0.243 e. The molecule has 0 unspecified atom stereocenters. The molecule has 30 heavy (non-hydrogen) atoms. The van der Waals surface area contributed by atoms with Gasteiger partial charge in [0.15, 0.2) is 11.6 Å². The molecule has 158 valence electrons. The van der Waals surface area contributed by atoms with Crippen LogP contribution in [0.1, 0.15) is 17.0 Å². The van der Waals surface area contributed by atoms with Crippen molar-refractivity contribution in [3.05, 3.63) is 58.4 Å². The largest absolute Gasteiger partial charge is 0.352 e. The van der Waals surface area contributed by atoms with Crippen LogP contribution < -0.4 is 4.90 Å². The number of anilines is 1. The number of sulfonamides is 1. The minimum atomic E-state index is -3.56. The van der Waals surface area contributed by atoms with Crippen LogP contribution in [0.5, 0.6) is 0 Å². The molecule has 1 saturated heterocycles. The van der Waals surface area contributed by atoms with Gasteiger partial charge in [0, 0.05) is 36.9 Å². The molecule has 0 N–H and O–H groups in total. The lowest BCUT2D eigenvalue weighted by molar-refractivity contribution is 0.383. The van der Waals surface area contributed by atoms with Crippen LogP contribution in [0.25, 0.3) is 5.82 Å². The molecule has 0 saturated carbocycles. The molecule has 2 aromatic heterocycles. The van der Waals surface area contributed by atoms with Crippen molar-refractivity contribution < 1.29 is 8.42 Å². The van der Waals surface area contributed by atoms with Crippen LogP contribution in [0.3, 0.4) is 0 Å². The van der Waals surface area contributed by atoms with Gasteiger partial charge in [-0.05, 0) is 56.7 Å². The quantitative estimate of drug-likeness (QED) is 0.612. The van der Waals surface area contributed by atoms with Gasteiger partial charge in [-0.1, -0.05) is 17.7 Å². The normalized spacial score (nSPS) is 15.5. The Morgan fingerprint density at radius 2 is 1.60 bits per heavy atom. The fourth-order valence-corrected chi connectivity index (χ4v) is 5.20. The molecule has 0 spiro atoms. The number of aromatic nitrogens is 4. The SMILES string of the molecule is Cc1nn(-c2ccc(N3CCN(S(=O)(=O)c4cccc(Cl)c4)CC3)nn2)c(C)c1C. The first-order valence-corrected chi connectivity index (χ1v) is 11.5. The Kier molecular flexibility index (Phi) is 5.52. The van der Waals surface area contributed by atoms with Crippen LogP contribution in [0, 0.1) is 20.8 Å². The number of halogens is 1. The molecule has 1 aliphatic heterocycles. The molecule has 1 aromatic carbocycles. The standard InChI is InChI=1S/C20H23ClN6O2S/c1-14-15(2)24-27(16(14)3)20-8-7-19(22-23-20)25-9-11-26(12-10-25)30(28,29)18-6-4-5-17(21)13-18/h4-8,13H,9-12H2,1-3H3. The Hall–Kier alpha value is -2.49. The van der Waals surface area contributed by atoms with E-state index in [2.05, 4.69) is 15.3 Å². The summed E-state index contributed by atoms with van der Waals surface area (Å²) in [5.74, 6) is 1.38. The minimum absolute atomic E-state index is 0.216. The highest BCUT2D eigenvalue weighted by molar-refractivity contribution is 7.89. The fourth-order valence-electron chi connectivity index (χ4n) is 3.48. The molecule has 1 fully saturated rings. The van der Waals surface area contributed by atoms with E-state index in [0.717, 1.165) is 22.8 Å². The van der Waals surface area contributed by atoms with E-state index in [1.54, 1.807) is 22.9 Å². The third-order valence-corrected chi connectivity index (χ3v) is 7.63. The highest BCUT2D eigenvalue weighted by Gasteiger charge is 2.29. The second kappa shape index (κ2) is 7.98. The van der Waals surface area contributed by atoms with Crippen molar-refractivity contribution in [1.82, 2.24) is 24.3 Å². The zero-order valence-corrected chi connectivity index (χ0v) is 18.7. The van der Waals surface area contributed by atoms with E-state index in [1.165, 1.54) is 10.4 Å². The molecule has 0 aliphatic carbocycles. The summed E-state index contributed by atoms with van der Waals surface area (Å²) in [6.45, 7) is 7.82. The Morgan fingerprint density at radius 3 is 2.17 bits per heavy atom. The number of piperazine rings is 1. The van der Waals surface area contributed by atoms with Gasteiger partial charge in [-0.2, -0.15) is 9.40 Å². The number of hydrogen-bond donors (Lipinski definition) is 0. The van der Waals surface area contributed by atoms with Gasteiger partial charge in [0.1, 0.15) is 0 Å². The predicted octanol–water partition coefficient (Wildman–Crippen LogP) is 2.75. The molecule has 0 bridgehead atoms. The van der Waals surface area contributed by atoms with E-state index in [4.69, 9.17) is 11.6 Å². The van der Waals surface area contributed by atoms with Crippen LogP contribution in [0.4, 0.5) is 5.82 Å². The third-order valence-electron chi connectivity index (χ3n) is 5.50. The lowest BCUT2D eigenvalue weighted by Gasteiger charge is -2.34. The summed E-state index contributed by atoms with van der Waals surface area (Å²) in [5.41, 5.74) is 3.14. The van der Waals surface area contributed by atoms with Crippen molar-refractivity contribution in [1.29, 1.82) is 0 Å². The fraction of sp³-hybridized carbons (Fsp3) is 0.350. The zero-order valence-electron chi connectivity index (χ0n) is 17.1. The average molecular weight is 447 g/mol. The summed E-state index contributed by atoms with van der Waals surface area (Å²) in [6.07, 6.45) is 0. The zero-order chi connectivity index (χ0) is 21.5. The summed E-state index contributed by atoms with van der Waals surface area (Å²) in [6, 6.07) is 10.1. The Morgan fingerprint density at radius 1 is 0.933 bits per heavy atom. The van der Waals surface area contributed by atoms with Gasteiger partial charge in [0.05, 0.1) is 10.6 Å². The van der Waals surface area contributed by atoms with E-state index in [0.29, 0.717) is 37.0 Å². The second-order valence-electron chi connectivity index (χ2n) is 7.31. The Labute approximate surface area is 181 Å². The van der Waals surface area contributed by atoms with E-state index in [-0.39, 0.29) is 4.90 Å². The first-order chi connectivity index (χ1) is 14.3. The van der Waals surface area contributed by atoms with Crippen molar-refractivity contribution in [3.8, 4) is 5.82 Å². The Balaban J connectivity index is 1.46. The molecule has 0 atom stereocenters. The molecular formula is C20H23ClN6O2S. The molecule has 8 nitrogen and oxygen atoms in total. The van der Waals surface area contributed by atoms with Crippen LogP contribution in [0.2, 0.25) is 5.02 Å². The molecular weight excluding hydrogens is 424 g/mol. The highest BCUT2D eigenvalue weighted by Crippen LogP contribution is 2.23. The molecule has 1 aliphatic rings. The predicted molar refractivity (Wildman–Crippen MR) is 116 cm³/mol. The van der Waals surface area contributed by atoms with Crippen LogP contribution in [0.15, 0.2) is 41.3 Å². The van der Waals surface area contributed by atoms with Crippen LogP contribution in [-0.4, -0.2) is 58.9 Å². The van der Waals surface area contributed by atoms with Gasteiger partial charge in [0.25, 0.3) is 0 Å². The molecule has 3 aromatic rings. The molecule has 4 rings (SSSR count). The number of aryl methyl sites for hydroxylation is 1. The van der Waals surface area contributed by atoms with Gasteiger partial charge < -0.3 is 4.90 Å². The van der Waals surface area contributed by atoms with Crippen LogP contribution >= 0.6 is 11.6 Å². The van der Waals surface area contributed by atoms with Crippen molar-refractivity contribution in [2.24, 2.45) is 0 Å². The number of hydrogen-bond acceptors (Lipinski definition) is 6. The molecule has 0 radical (unpaired) electrons. The van der Waals surface area contributed by atoms with Crippen molar-refractivity contribution >= 4 is 27.4 Å². The maximum atomic E-state index is 12.9. The van der Waals surface area contributed by atoms with Crippen molar-refractivity contribution in [3.63, 3.8) is 0 Å². The summed E-state index contributed by atoms with van der Waals surface area (Å²) in [5, 5.41) is 13.6. The van der Waals surface area contributed by atoms with Crippen molar-refractivity contribution in [2.75, 3.05) is 31.1 Å². The highest BCUT2D eigenvalue weighted by atomic mass is 35.5. The molecule has 0 amide bonds.